The summed E-state index contributed by atoms with van der Waals surface area (Å²) in [4.78, 5) is 0. The lowest BCUT2D eigenvalue weighted by Crippen LogP contribution is -2.26. The molecule has 0 heterocycles. The molecule has 0 aromatic heterocycles. The molecule has 96 valence electrons. The zero-order valence-electron chi connectivity index (χ0n) is 10.3. The maximum absolute atomic E-state index is 11.7. The molecule has 0 atom stereocenters. The number of benzene rings is 1. The summed E-state index contributed by atoms with van der Waals surface area (Å²) in [6, 6.07) is 7.20. The fourth-order valence-corrected chi connectivity index (χ4v) is 2.67. The summed E-state index contributed by atoms with van der Waals surface area (Å²) in [6.07, 6.45) is 0.673. The summed E-state index contributed by atoms with van der Waals surface area (Å²) in [5.41, 5.74) is 7.13. The van der Waals surface area contributed by atoms with Crippen molar-refractivity contribution in [1.29, 1.82) is 0 Å². The van der Waals surface area contributed by atoms with E-state index in [0.29, 0.717) is 24.6 Å². The minimum absolute atomic E-state index is 0.174. The normalized spacial score (nSPS) is 11.9. The lowest BCUT2D eigenvalue weighted by atomic mass is 10.2. The molecular formula is C12H20N2O2S. The minimum Gasteiger partial charge on any atom is -0.399 e. The van der Waals surface area contributed by atoms with Crippen molar-refractivity contribution < 1.29 is 8.42 Å². The van der Waals surface area contributed by atoms with E-state index >= 15 is 0 Å². The van der Waals surface area contributed by atoms with Crippen LogP contribution in [0.4, 0.5) is 5.69 Å². The van der Waals surface area contributed by atoms with Crippen LogP contribution in [0.1, 0.15) is 25.8 Å². The molecule has 0 saturated heterocycles. The molecule has 1 rings (SSSR count). The molecule has 0 radical (unpaired) electrons. The number of nitrogens with two attached hydrogens (primary N) is 1. The molecule has 0 amide bonds. The molecular weight excluding hydrogens is 236 g/mol. The number of hydrogen-bond acceptors (Lipinski definition) is 3. The van der Waals surface area contributed by atoms with Gasteiger partial charge in [0.05, 0.1) is 5.75 Å². The van der Waals surface area contributed by atoms with Gasteiger partial charge in [-0.1, -0.05) is 26.0 Å². The second-order valence-corrected chi connectivity index (χ2v) is 6.49. The maximum Gasteiger partial charge on any atom is 0.211 e. The average Bonchev–Trinajstić information content (AvgIpc) is 2.24. The number of sulfonamides is 1. The van der Waals surface area contributed by atoms with Crippen molar-refractivity contribution in [3.05, 3.63) is 29.8 Å². The van der Waals surface area contributed by atoms with E-state index in [2.05, 4.69) is 4.72 Å². The predicted molar refractivity (Wildman–Crippen MR) is 70.9 cm³/mol. The summed E-state index contributed by atoms with van der Waals surface area (Å²) in [5, 5.41) is 0. The molecule has 0 aliphatic heterocycles. The quantitative estimate of drug-likeness (QED) is 0.761. The summed E-state index contributed by atoms with van der Waals surface area (Å²) < 4.78 is 25.9. The van der Waals surface area contributed by atoms with Crippen LogP contribution in [0.2, 0.25) is 0 Å². The van der Waals surface area contributed by atoms with Crippen LogP contribution < -0.4 is 10.5 Å². The Bertz CT molecular complexity index is 455. The molecule has 1 aromatic rings. The maximum atomic E-state index is 11.7. The summed E-state index contributed by atoms with van der Waals surface area (Å²) in [7, 11) is -3.18. The van der Waals surface area contributed by atoms with Crippen LogP contribution >= 0.6 is 0 Å². The Labute approximate surface area is 103 Å². The molecule has 0 fully saturated rings. The number of nitrogen functional groups attached to an aromatic ring is 1. The Morgan fingerprint density at radius 2 is 2.06 bits per heavy atom. The van der Waals surface area contributed by atoms with Crippen molar-refractivity contribution in [1.82, 2.24) is 4.72 Å². The summed E-state index contributed by atoms with van der Waals surface area (Å²) in [5.74, 6) is 0.562. The topological polar surface area (TPSA) is 72.2 Å². The van der Waals surface area contributed by atoms with Gasteiger partial charge < -0.3 is 5.73 Å². The van der Waals surface area contributed by atoms with Crippen LogP contribution in [0.25, 0.3) is 0 Å². The molecule has 0 saturated carbocycles. The Kier molecular flexibility index (Phi) is 4.96. The van der Waals surface area contributed by atoms with Crippen molar-refractivity contribution in [3.8, 4) is 0 Å². The molecule has 0 spiro atoms. The van der Waals surface area contributed by atoms with Gasteiger partial charge in [0.15, 0.2) is 0 Å². The second-order valence-electron chi connectivity index (χ2n) is 4.57. The molecule has 5 heteroatoms. The van der Waals surface area contributed by atoms with E-state index in [-0.39, 0.29) is 5.75 Å². The lowest BCUT2D eigenvalue weighted by molar-refractivity contribution is 0.561. The predicted octanol–water partition coefficient (Wildman–Crippen LogP) is 1.73. The van der Waals surface area contributed by atoms with Gasteiger partial charge in [0.1, 0.15) is 0 Å². The Morgan fingerprint density at radius 3 is 2.65 bits per heavy atom. The first-order valence-corrected chi connectivity index (χ1v) is 7.36. The van der Waals surface area contributed by atoms with Crippen LogP contribution in [-0.2, 0) is 16.6 Å². The summed E-state index contributed by atoms with van der Waals surface area (Å²) in [6.45, 7) is 4.31. The molecule has 1 aromatic carbocycles. The molecule has 0 aliphatic carbocycles. The number of anilines is 1. The number of rotatable bonds is 6. The number of hydrogen-bond donors (Lipinski definition) is 2. The van der Waals surface area contributed by atoms with Gasteiger partial charge in [0.2, 0.25) is 10.0 Å². The standard InChI is InChI=1S/C12H20N2O2S/c1-10(2)6-7-17(15,16)14-9-11-4-3-5-12(13)8-11/h3-5,8,10,14H,6-7,9,13H2,1-2H3. The largest absolute Gasteiger partial charge is 0.399 e. The van der Waals surface area contributed by atoms with Crippen molar-refractivity contribution in [3.63, 3.8) is 0 Å². The van der Waals surface area contributed by atoms with Crippen LogP contribution in [0.15, 0.2) is 24.3 Å². The number of nitrogens with one attached hydrogen (secondary N) is 1. The van der Waals surface area contributed by atoms with Crippen LogP contribution in [0, 0.1) is 5.92 Å². The van der Waals surface area contributed by atoms with Crippen molar-refractivity contribution in [2.24, 2.45) is 5.92 Å². The monoisotopic (exact) mass is 256 g/mol. The minimum atomic E-state index is -3.18. The molecule has 3 N–H and O–H groups in total. The van der Waals surface area contributed by atoms with Crippen molar-refractivity contribution >= 4 is 15.7 Å². The van der Waals surface area contributed by atoms with E-state index in [9.17, 15) is 8.42 Å². The first-order valence-electron chi connectivity index (χ1n) is 5.71. The van der Waals surface area contributed by atoms with Gasteiger partial charge >= 0.3 is 0 Å². The highest BCUT2D eigenvalue weighted by Gasteiger charge is 2.10. The average molecular weight is 256 g/mol. The fourth-order valence-electron chi connectivity index (χ4n) is 1.36. The molecule has 17 heavy (non-hydrogen) atoms. The van der Waals surface area contributed by atoms with Crippen molar-refractivity contribution in [2.45, 2.75) is 26.8 Å². The molecule has 4 nitrogen and oxygen atoms in total. The van der Waals surface area contributed by atoms with Crippen LogP contribution in [-0.4, -0.2) is 14.2 Å². The van der Waals surface area contributed by atoms with E-state index in [1.165, 1.54) is 0 Å². The highest BCUT2D eigenvalue weighted by molar-refractivity contribution is 7.89. The van der Waals surface area contributed by atoms with Gasteiger partial charge in [0, 0.05) is 12.2 Å². The van der Waals surface area contributed by atoms with Gasteiger partial charge in [-0.05, 0) is 30.0 Å². The van der Waals surface area contributed by atoms with E-state index in [0.717, 1.165) is 5.56 Å². The smallest absolute Gasteiger partial charge is 0.211 e. The second kappa shape index (κ2) is 6.02. The van der Waals surface area contributed by atoms with Crippen LogP contribution in [0.5, 0.6) is 0 Å². The first kappa shape index (κ1) is 14.0. The summed E-state index contributed by atoms with van der Waals surface area (Å²) >= 11 is 0. The van der Waals surface area contributed by atoms with Gasteiger partial charge in [0.25, 0.3) is 0 Å². The third-order valence-corrected chi connectivity index (χ3v) is 3.77. The SMILES string of the molecule is CC(C)CCS(=O)(=O)NCc1cccc(N)c1. The molecule has 0 bridgehead atoms. The van der Waals surface area contributed by atoms with E-state index in [1.54, 1.807) is 12.1 Å². The Hall–Kier alpha value is -1.07. The fraction of sp³-hybridized carbons (Fsp3) is 0.500. The Balaban J connectivity index is 2.50. The zero-order valence-corrected chi connectivity index (χ0v) is 11.1. The van der Waals surface area contributed by atoms with Gasteiger partial charge in [-0.3, -0.25) is 0 Å². The van der Waals surface area contributed by atoms with E-state index < -0.39 is 10.0 Å². The lowest BCUT2D eigenvalue weighted by Gasteiger charge is -2.08. The van der Waals surface area contributed by atoms with Gasteiger partial charge in [-0.2, -0.15) is 0 Å². The Morgan fingerprint density at radius 1 is 1.35 bits per heavy atom. The third kappa shape index (κ3) is 5.70. The zero-order chi connectivity index (χ0) is 12.9. The highest BCUT2D eigenvalue weighted by atomic mass is 32.2. The van der Waals surface area contributed by atoms with Gasteiger partial charge in [-0.25, -0.2) is 13.1 Å². The van der Waals surface area contributed by atoms with E-state index in [4.69, 9.17) is 5.73 Å². The van der Waals surface area contributed by atoms with Crippen LogP contribution in [0.3, 0.4) is 0 Å². The first-order chi connectivity index (χ1) is 7.89. The van der Waals surface area contributed by atoms with Crippen molar-refractivity contribution in [2.75, 3.05) is 11.5 Å². The third-order valence-electron chi connectivity index (χ3n) is 2.41. The molecule has 0 aliphatic rings. The van der Waals surface area contributed by atoms with Gasteiger partial charge in [-0.15, -0.1) is 0 Å². The highest BCUT2D eigenvalue weighted by Crippen LogP contribution is 2.07. The molecule has 0 unspecified atom stereocenters. The van der Waals surface area contributed by atoms with E-state index in [1.807, 2.05) is 26.0 Å².